The van der Waals surface area contributed by atoms with Crippen LogP contribution in [-0.4, -0.2) is 24.6 Å². The lowest BCUT2D eigenvalue weighted by atomic mass is 10.4. The number of hydrogen-bond donors (Lipinski definition) is 2. The summed E-state index contributed by atoms with van der Waals surface area (Å²) in [7, 11) is -2.49. The molecule has 2 N–H and O–H groups in total. The van der Waals surface area contributed by atoms with Crippen LogP contribution in [0.4, 0.5) is 0 Å². The summed E-state index contributed by atoms with van der Waals surface area (Å²) in [6.45, 7) is -0.0762. The molecule has 0 aromatic carbocycles. The van der Waals surface area contributed by atoms with Gasteiger partial charge in [-0.2, -0.15) is 8.42 Å². The molecular formula is C6H11N2O4S+. The lowest BCUT2D eigenvalue weighted by Crippen LogP contribution is -2.31. The highest BCUT2D eigenvalue weighted by Gasteiger charge is 2.09. The van der Waals surface area contributed by atoms with Gasteiger partial charge in [-0.05, 0) is 0 Å². The number of nitrogens with zero attached hydrogens (tertiary/aromatic N) is 1. The molecule has 7 heteroatoms. The van der Waals surface area contributed by atoms with Crippen molar-refractivity contribution < 1.29 is 21.7 Å². The van der Waals surface area contributed by atoms with Crippen molar-refractivity contribution in [2.24, 2.45) is 7.05 Å². The first-order valence-electron chi connectivity index (χ1n) is 3.63. The Morgan fingerprint density at radius 3 is 2.85 bits per heavy atom. The SMILES string of the molecule is C[n+]1cc[nH]c1CCOS(=O)(=O)O. The second-order valence-electron chi connectivity index (χ2n) is 2.52. The van der Waals surface area contributed by atoms with Crippen LogP contribution in [0.2, 0.25) is 0 Å². The molecule has 0 fully saturated rings. The van der Waals surface area contributed by atoms with Crippen LogP contribution in [-0.2, 0) is 28.1 Å². The van der Waals surface area contributed by atoms with Gasteiger partial charge in [0.25, 0.3) is 5.82 Å². The summed E-state index contributed by atoms with van der Waals surface area (Å²) >= 11 is 0. The average molecular weight is 207 g/mol. The maximum Gasteiger partial charge on any atom is 0.397 e. The van der Waals surface area contributed by atoms with Gasteiger partial charge in [0.15, 0.2) is 0 Å². The van der Waals surface area contributed by atoms with Crippen molar-refractivity contribution >= 4 is 10.4 Å². The molecule has 0 atom stereocenters. The molecule has 0 bridgehead atoms. The number of nitrogens with one attached hydrogen (secondary N) is 1. The van der Waals surface area contributed by atoms with Crippen molar-refractivity contribution in [1.29, 1.82) is 0 Å². The highest BCUT2D eigenvalue weighted by atomic mass is 32.3. The molecule has 0 radical (unpaired) electrons. The van der Waals surface area contributed by atoms with Crippen LogP contribution in [0.1, 0.15) is 5.82 Å². The van der Waals surface area contributed by atoms with Gasteiger partial charge in [-0.3, -0.25) is 4.55 Å². The van der Waals surface area contributed by atoms with Crippen molar-refractivity contribution in [3.8, 4) is 0 Å². The molecule has 0 aliphatic rings. The standard InChI is InChI=1S/C6H10N2O4S/c1-8-4-3-7-6(8)2-5-12-13(9,10)11/h3-4H,2,5H2,1H3,(H,9,10,11)/p+1. The summed E-state index contributed by atoms with van der Waals surface area (Å²) in [6.07, 6.45) is 3.91. The molecule has 1 aromatic heterocycles. The van der Waals surface area contributed by atoms with Crippen molar-refractivity contribution in [2.75, 3.05) is 6.61 Å². The topological polar surface area (TPSA) is 83.3 Å². The minimum atomic E-state index is -4.31. The van der Waals surface area contributed by atoms with E-state index in [2.05, 4.69) is 9.17 Å². The fourth-order valence-corrected chi connectivity index (χ4v) is 1.22. The average Bonchev–Trinajstić information content (AvgIpc) is 2.34. The van der Waals surface area contributed by atoms with E-state index in [1.54, 1.807) is 17.0 Å². The second-order valence-corrected chi connectivity index (χ2v) is 3.61. The highest BCUT2D eigenvalue weighted by Crippen LogP contribution is 1.91. The molecule has 1 heterocycles. The number of aromatic amines is 1. The third kappa shape index (κ3) is 3.53. The number of aromatic nitrogens is 2. The van der Waals surface area contributed by atoms with Crippen molar-refractivity contribution in [3.05, 3.63) is 18.2 Å². The number of hydrogen-bond acceptors (Lipinski definition) is 3. The fraction of sp³-hybridized carbons (Fsp3) is 0.500. The summed E-state index contributed by atoms with van der Waals surface area (Å²) in [5.74, 6) is 0.823. The molecule has 0 unspecified atom stereocenters. The van der Waals surface area contributed by atoms with Gasteiger partial charge in [0.1, 0.15) is 12.4 Å². The van der Waals surface area contributed by atoms with Crippen LogP contribution in [0.15, 0.2) is 12.4 Å². The van der Waals surface area contributed by atoms with E-state index in [0.717, 1.165) is 5.82 Å². The Morgan fingerprint density at radius 1 is 1.69 bits per heavy atom. The third-order valence-corrected chi connectivity index (χ3v) is 2.01. The zero-order valence-electron chi connectivity index (χ0n) is 7.10. The van der Waals surface area contributed by atoms with Crippen LogP contribution in [0.3, 0.4) is 0 Å². The van der Waals surface area contributed by atoms with Gasteiger partial charge < -0.3 is 0 Å². The summed E-state index contributed by atoms with van der Waals surface area (Å²) in [6, 6.07) is 0. The lowest BCUT2D eigenvalue weighted by Gasteiger charge is -1.96. The number of imidazole rings is 1. The van der Waals surface area contributed by atoms with Crippen molar-refractivity contribution in [2.45, 2.75) is 6.42 Å². The number of H-pyrrole nitrogens is 1. The quantitative estimate of drug-likeness (QED) is 0.500. The Labute approximate surface area is 76.1 Å². The minimum Gasteiger partial charge on any atom is -0.264 e. The summed E-state index contributed by atoms with van der Waals surface area (Å²) < 4.78 is 34.5. The van der Waals surface area contributed by atoms with Gasteiger partial charge in [-0.1, -0.05) is 0 Å². The summed E-state index contributed by atoms with van der Waals surface area (Å²) in [5.41, 5.74) is 0. The third-order valence-electron chi connectivity index (χ3n) is 1.54. The van der Waals surface area contributed by atoms with Gasteiger partial charge in [-0.15, -0.1) is 0 Å². The molecule has 0 amide bonds. The smallest absolute Gasteiger partial charge is 0.264 e. The molecule has 0 aliphatic carbocycles. The monoisotopic (exact) mass is 207 g/mol. The molecule has 0 saturated heterocycles. The zero-order valence-corrected chi connectivity index (χ0v) is 7.91. The Balaban J connectivity index is 2.41. The first kappa shape index (κ1) is 10.2. The van der Waals surface area contributed by atoms with Crippen molar-refractivity contribution in [3.63, 3.8) is 0 Å². The molecule has 6 nitrogen and oxygen atoms in total. The summed E-state index contributed by atoms with van der Waals surface area (Å²) in [4.78, 5) is 2.90. The van der Waals surface area contributed by atoms with Crippen LogP contribution in [0.5, 0.6) is 0 Å². The van der Waals surface area contributed by atoms with E-state index in [4.69, 9.17) is 4.55 Å². The first-order chi connectivity index (χ1) is 5.99. The van der Waals surface area contributed by atoms with Crippen LogP contribution in [0, 0.1) is 0 Å². The van der Waals surface area contributed by atoms with Gasteiger partial charge in [-0.25, -0.2) is 13.7 Å². The van der Waals surface area contributed by atoms with Crippen LogP contribution >= 0.6 is 0 Å². The summed E-state index contributed by atoms with van der Waals surface area (Å²) in [5, 5.41) is 0. The van der Waals surface area contributed by atoms with E-state index < -0.39 is 10.4 Å². The van der Waals surface area contributed by atoms with E-state index in [0.29, 0.717) is 6.42 Å². The van der Waals surface area contributed by atoms with Gasteiger partial charge in [0, 0.05) is 0 Å². The van der Waals surface area contributed by atoms with Gasteiger partial charge >= 0.3 is 10.4 Å². The van der Waals surface area contributed by atoms with E-state index in [-0.39, 0.29) is 6.61 Å². The molecule has 1 rings (SSSR count). The maximum atomic E-state index is 10.2. The Bertz CT molecular complexity index is 370. The highest BCUT2D eigenvalue weighted by molar-refractivity contribution is 7.80. The Hall–Kier alpha value is -0.920. The maximum absolute atomic E-state index is 10.2. The van der Waals surface area contributed by atoms with E-state index in [1.807, 2.05) is 7.05 Å². The Morgan fingerprint density at radius 2 is 2.38 bits per heavy atom. The molecule has 0 spiro atoms. The largest absolute Gasteiger partial charge is 0.397 e. The van der Waals surface area contributed by atoms with Crippen LogP contribution < -0.4 is 4.57 Å². The first-order valence-corrected chi connectivity index (χ1v) is 4.99. The minimum absolute atomic E-state index is 0.0762. The lowest BCUT2D eigenvalue weighted by molar-refractivity contribution is -0.677. The molecule has 0 saturated carbocycles. The van der Waals surface area contributed by atoms with E-state index >= 15 is 0 Å². The predicted octanol–water partition coefficient (Wildman–Crippen LogP) is -0.799. The zero-order chi connectivity index (χ0) is 9.90. The fourth-order valence-electron chi connectivity index (χ4n) is 0.929. The van der Waals surface area contributed by atoms with Gasteiger partial charge in [0.05, 0.1) is 20.1 Å². The van der Waals surface area contributed by atoms with Crippen LogP contribution in [0.25, 0.3) is 0 Å². The molecule has 13 heavy (non-hydrogen) atoms. The normalized spacial score (nSPS) is 11.8. The van der Waals surface area contributed by atoms with E-state index in [9.17, 15) is 8.42 Å². The molecule has 0 aliphatic heterocycles. The second kappa shape index (κ2) is 3.86. The Kier molecular flexibility index (Phi) is 3.02. The molecule has 74 valence electrons. The van der Waals surface area contributed by atoms with Crippen molar-refractivity contribution in [1.82, 2.24) is 4.98 Å². The van der Waals surface area contributed by atoms with E-state index in [1.165, 1.54) is 0 Å². The predicted molar refractivity (Wildman–Crippen MR) is 43.2 cm³/mol. The number of rotatable bonds is 4. The molecular weight excluding hydrogens is 196 g/mol. The molecule has 1 aromatic rings. The number of aryl methyl sites for hydroxylation is 1. The van der Waals surface area contributed by atoms with Gasteiger partial charge in [0.2, 0.25) is 0 Å².